The first-order chi connectivity index (χ1) is 11.2. The van der Waals surface area contributed by atoms with E-state index in [1.165, 1.54) is 35.1 Å². The molecule has 1 atom stereocenters. The average molecular weight is 307 g/mol. The zero-order valence-electron chi connectivity index (χ0n) is 13.8. The topological polar surface area (TPSA) is 32.3 Å². The molecule has 0 bridgehead atoms. The molecule has 0 spiro atoms. The molecule has 0 amide bonds. The molecule has 2 nitrogen and oxygen atoms in total. The van der Waals surface area contributed by atoms with Crippen LogP contribution in [0.15, 0.2) is 48.5 Å². The van der Waals surface area contributed by atoms with Gasteiger partial charge in [-0.15, -0.1) is 0 Å². The molecule has 1 aliphatic carbocycles. The summed E-state index contributed by atoms with van der Waals surface area (Å²) in [7, 11) is 0. The van der Waals surface area contributed by atoms with Gasteiger partial charge in [-0.05, 0) is 73.5 Å². The molecule has 0 aliphatic heterocycles. The first-order valence-electron chi connectivity index (χ1n) is 8.50. The van der Waals surface area contributed by atoms with E-state index < -0.39 is 0 Å². The van der Waals surface area contributed by atoms with Crippen LogP contribution in [-0.4, -0.2) is 17.7 Å². The lowest BCUT2D eigenvalue weighted by Gasteiger charge is -2.16. The van der Waals surface area contributed by atoms with E-state index >= 15 is 0 Å². The molecule has 120 valence electrons. The lowest BCUT2D eigenvalue weighted by molar-refractivity contribution is 0.474. The Labute approximate surface area is 138 Å². The number of allylic oxidation sites excluding steroid dienone is 1. The Kier molecular flexibility index (Phi) is 5.14. The molecule has 0 saturated carbocycles. The van der Waals surface area contributed by atoms with Gasteiger partial charge in [-0.3, -0.25) is 0 Å². The van der Waals surface area contributed by atoms with E-state index in [2.05, 4.69) is 48.7 Å². The van der Waals surface area contributed by atoms with E-state index in [1.807, 2.05) is 12.1 Å². The zero-order valence-corrected chi connectivity index (χ0v) is 13.8. The fraction of sp³-hybridized carbons (Fsp3) is 0.333. The van der Waals surface area contributed by atoms with Crippen LogP contribution in [0, 0.1) is 0 Å². The summed E-state index contributed by atoms with van der Waals surface area (Å²) < 4.78 is 0. The second-order valence-corrected chi connectivity index (χ2v) is 6.45. The molecule has 1 unspecified atom stereocenters. The molecule has 3 rings (SSSR count). The minimum Gasteiger partial charge on any atom is -0.508 e. The number of aryl methyl sites for hydroxylation is 1. The lowest BCUT2D eigenvalue weighted by Crippen LogP contribution is -2.30. The van der Waals surface area contributed by atoms with Gasteiger partial charge >= 0.3 is 0 Å². The van der Waals surface area contributed by atoms with Gasteiger partial charge in [0.1, 0.15) is 5.75 Å². The van der Waals surface area contributed by atoms with E-state index in [0.29, 0.717) is 11.8 Å². The molecule has 0 heterocycles. The first-order valence-corrected chi connectivity index (χ1v) is 8.50. The van der Waals surface area contributed by atoms with Crippen molar-refractivity contribution in [2.45, 2.75) is 38.6 Å². The Morgan fingerprint density at radius 1 is 1.13 bits per heavy atom. The molecule has 0 radical (unpaired) electrons. The highest BCUT2D eigenvalue weighted by Gasteiger charge is 2.08. The quantitative estimate of drug-likeness (QED) is 0.841. The molecule has 2 aromatic rings. The third-order valence-corrected chi connectivity index (χ3v) is 4.45. The van der Waals surface area contributed by atoms with Crippen LogP contribution < -0.4 is 5.32 Å². The Morgan fingerprint density at radius 2 is 2.04 bits per heavy atom. The normalized spacial score (nSPS) is 14.5. The van der Waals surface area contributed by atoms with Gasteiger partial charge in [-0.2, -0.15) is 0 Å². The number of phenolic OH excluding ortho intramolecular Hbond substituents is 1. The van der Waals surface area contributed by atoms with Crippen LogP contribution in [0.5, 0.6) is 5.75 Å². The maximum absolute atomic E-state index is 9.49. The van der Waals surface area contributed by atoms with Crippen LogP contribution in [0.1, 0.15) is 35.6 Å². The Hall–Kier alpha value is -2.06. The number of benzene rings is 2. The van der Waals surface area contributed by atoms with Crippen LogP contribution in [0.25, 0.3) is 6.08 Å². The number of fused-ring (bicyclic) bond motifs is 1. The van der Waals surface area contributed by atoms with E-state index in [0.717, 1.165) is 19.4 Å². The van der Waals surface area contributed by atoms with E-state index in [-0.39, 0.29) is 0 Å². The van der Waals surface area contributed by atoms with Crippen LogP contribution in [0.4, 0.5) is 0 Å². The molecular formula is C21H25NO. The van der Waals surface area contributed by atoms with Gasteiger partial charge in [-0.25, -0.2) is 0 Å². The van der Waals surface area contributed by atoms with Crippen LogP contribution in [-0.2, 0) is 19.3 Å². The van der Waals surface area contributed by atoms with Gasteiger partial charge in [0, 0.05) is 6.04 Å². The summed E-state index contributed by atoms with van der Waals surface area (Å²) in [4.78, 5) is 0. The van der Waals surface area contributed by atoms with Crippen molar-refractivity contribution in [2.75, 3.05) is 6.54 Å². The van der Waals surface area contributed by atoms with Crippen molar-refractivity contribution in [3.05, 3.63) is 70.8 Å². The fourth-order valence-corrected chi connectivity index (χ4v) is 3.20. The Balaban J connectivity index is 1.50. The standard InChI is InChI=1S/C21H25NO/c1-16(22-12-11-17-5-4-8-21(23)15-17)13-18-9-10-19-6-2-3-7-20(19)14-18/h3-5,7-10,14-16,22-23H,2,6,11-13H2,1H3. The SMILES string of the molecule is CC(Cc1ccc2c(c1)C=CCC2)NCCc1cccc(O)c1. The molecule has 2 N–H and O–H groups in total. The molecule has 0 fully saturated rings. The molecule has 0 saturated heterocycles. The van der Waals surface area contributed by atoms with Gasteiger partial charge in [0.2, 0.25) is 0 Å². The second kappa shape index (κ2) is 7.47. The summed E-state index contributed by atoms with van der Waals surface area (Å²) in [6.07, 6.45) is 8.83. The lowest BCUT2D eigenvalue weighted by atomic mass is 9.94. The van der Waals surface area contributed by atoms with Crippen molar-refractivity contribution in [2.24, 2.45) is 0 Å². The predicted molar refractivity (Wildman–Crippen MR) is 96.8 cm³/mol. The number of hydrogen-bond donors (Lipinski definition) is 2. The second-order valence-electron chi connectivity index (χ2n) is 6.45. The predicted octanol–water partition coefficient (Wildman–Crippen LogP) is 4.11. The van der Waals surface area contributed by atoms with E-state index in [4.69, 9.17) is 0 Å². The minimum atomic E-state index is 0.345. The number of phenols is 1. The average Bonchev–Trinajstić information content (AvgIpc) is 2.55. The third-order valence-electron chi connectivity index (χ3n) is 4.45. The van der Waals surface area contributed by atoms with E-state index in [9.17, 15) is 5.11 Å². The summed E-state index contributed by atoms with van der Waals surface area (Å²) >= 11 is 0. The number of nitrogens with one attached hydrogen (secondary N) is 1. The monoisotopic (exact) mass is 307 g/mol. The van der Waals surface area contributed by atoms with Crippen molar-refractivity contribution in [1.82, 2.24) is 5.32 Å². The molecule has 2 heteroatoms. The minimum absolute atomic E-state index is 0.345. The molecule has 1 aliphatic rings. The first kappa shape index (κ1) is 15.8. The van der Waals surface area contributed by atoms with Gasteiger partial charge in [-0.1, -0.05) is 42.5 Å². The fourth-order valence-electron chi connectivity index (χ4n) is 3.20. The summed E-state index contributed by atoms with van der Waals surface area (Å²) in [5, 5.41) is 13.1. The third kappa shape index (κ3) is 4.46. The number of aromatic hydroxyl groups is 1. The van der Waals surface area contributed by atoms with Crippen molar-refractivity contribution < 1.29 is 5.11 Å². The van der Waals surface area contributed by atoms with Gasteiger partial charge in [0.15, 0.2) is 0 Å². The Bertz CT molecular complexity index is 690. The van der Waals surface area contributed by atoms with Crippen molar-refractivity contribution in [3.63, 3.8) is 0 Å². The smallest absolute Gasteiger partial charge is 0.115 e. The van der Waals surface area contributed by atoms with Crippen LogP contribution >= 0.6 is 0 Å². The summed E-state index contributed by atoms with van der Waals surface area (Å²) in [6, 6.07) is 14.8. The number of hydrogen-bond acceptors (Lipinski definition) is 2. The molecule has 2 aromatic carbocycles. The van der Waals surface area contributed by atoms with Crippen LogP contribution in [0.3, 0.4) is 0 Å². The van der Waals surface area contributed by atoms with Gasteiger partial charge in [0.05, 0.1) is 0 Å². The molecule has 0 aromatic heterocycles. The maximum Gasteiger partial charge on any atom is 0.115 e. The summed E-state index contributed by atoms with van der Waals surface area (Å²) in [5.74, 6) is 0.345. The highest BCUT2D eigenvalue weighted by atomic mass is 16.3. The summed E-state index contributed by atoms with van der Waals surface area (Å²) in [5.41, 5.74) is 5.43. The number of rotatable bonds is 6. The summed E-state index contributed by atoms with van der Waals surface area (Å²) in [6.45, 7) is 3.16. The highest BCUT2D eigenvalue weighted by Crippen LogP contribution is 2.21. The zero-order chi connectivity index (χ0) is 16.1. The Morgan fingerprint density at radius 3 is 2.91 bits per heavy atom. The van der Waals surface area contributed by atoms with E-state index in [1.54, 1.807) is 6.07 Å². The van der Waals surface area contributed by atoms with Gasteiger partial charge < -0.3 is 10.4 Å². The van der Waals surface area contributed by atoms with Crippen LogP contribution in [0.2, 0.25) is 0 Å². The van der Waals surface area contributed by atoms with Crippen molar-refractivity contribution >= 4 is 6.08 Å². The van der Waals surface area contributed by atoms with Crippen molar-refractivity contribution in [1.29, 1.82) is 0 Å². The van der Waals surface area contributed by atoms with Crippen molar-refractivity contribution in [3.8, 4) is 5.75 Å². The maximum atomic E-state index is 9.49. The van der Waals surface area contributed by atoms with Gasteiger partial charge in [0.25, 0.3) is 0 Å². The largest absolute Gasteiger partial charge is 0.508 e. The molecular weight excluding hydrogens is 282 g/mol. The highest BCUT2D eigenvalue weighted by molar-refractivity contribution is 5.57. The molecule has 23 heavy (non-hydrogen) atoms.